The van der Waals surface area contributed by atoms with Gasteiger partial charge in [-0.25, -0.2) is 18.7 Å². The maximum absolute atomic E-state index is 14.5. The van der Waals surface area contributed by atoms with Crippen LogP contribution in [0.2, 0.25) is 0 Å². The van der Waals surface area contributed by atoms with Gasteiger partial charge in [0.2, 0.25) is 0 Å². The maximum atomic E-state index is 14.5. The van der Waals surface area contributed by atoms with Crippen LogP contribution in [0, 0.1) is 18.7 Å². The van der Waals surface area contributed by atoms with Crippen LogP contribution in [0.1, 0.15) is 68.2 Å². The maximum Gasteiger partial charge on any atom is 0.337 e. The Morgan fingerprint density at radius 3 is 2.37 bits per heavy atom. The van der Waals surface area contributed by atoms with Crippen LogP contribution in [0.4, 0.5) is 4.39 Å². The van der Waals surface area contributed by atoms with Crippen molar-refractivity contribution in [1.82, 2.24) is 34.1 Å². The van der Waals surface area contributed by atoms with Crippen molar-refractivity contribution < 1.29 is 9.18 Å². The van der Waals surface area contributed by atoms with Crippen molar-refractivity contribution in [2.24, 2.45) is 13.0 Å². The van der Waals surface area contributed by atoms with E-state index in [1.807, 2.05) is 25.1 Å². The fraction of sp³-hybridized carbons (Fsp3) is 0.395. The molecule has 0 spiro atoms. The van der Waals surface area contributed by atoms with Crippen molar-refractivity contribution in [3.8, 4) is 16.8 Å². The highest BCUT2D eigenvalue weighted by molar-refractivity contribution is 5.92. The van der Waals surface area contributed by atoms with Gasteiger partial charge in [-0.05, 0) is 107 Å². The molecule has 49 heavy (non-hydrogen) atoms. The minimum atomic E-state index is -0.647. The molecule has 0 aliphatic heterocycles. The second-order valence-corrected chi connectivity index (χ2v) is 14.3. The summed E-state index contributed by atoms with van der Waals surface area (Å²) in [5.41, 5.74) is 3.98. The lowest BCUT2D eigenvalue weighted by Gasteiger charge is -2.31. The second-order valence-electron chi connectivity index (χ2n) is 14.3. The predicted molar refractivity (Wildman–Crippen MR) is 189 cm³/mol. The van der Waals surface area contributed by atoms with E-state index in [9.17, 15) is 18.8 Å². The molecule has 1 amide bonds. The number of aromatic nitrogens is 5. The number of carbonyl (C=O) groups is 1. The van der Waals surface area contributed by atoms with E-state index < -0.39 is 17.1 Å². The number of nitrogens with zero attached hydrogens (tertiary/aromatic N) is 6. The van der Waals surface area contributed by atoms with E-state index in [0.29, 0.717) is 37.1 Å². The molecule has 3 aromatic heterocycles. The third-order valence-electron chi connectivity index (χ3n) is 9.87. The highest BCUT2D eigenvalue weighted by Gasteiger charge is 2.26. The highest BCUT2D eigenvalue weighted by atomic mass is 19.1. The summed E-state index contributed by atoms with van der Waals surface area (Å²) in [6.45, 7) is 9.45. The Hall–Kier alpha value is -4.90. The van der Waals surface area contributed by atoms with Gasteiger partial charge in [0.1, 0.15) is 11.5 Å². The van der Waals surface area contributed by atoms with Crippen LogP contribution in [0.5, 0.6) is 0 Å². The molecule has 0 atom stereocenters. The molecule has 2 aromatic carbocycles. The van der Waals surface area contributed by atoms with Crippen LogP contribution in [0.25, 0.3) is 27.8 Å². The van der Waals surface area contributed by atoms with Crippen LogP contribution in [0.15, 0.2) is 76.4 Å². The van der Waals surface area contributed by atoms with Gasteiger partial charge in [-0.15, -0.1) is 0 Å². The van der Waals surface area contributed by atoms with E-state index in [0.717, 1.165) is 35.6 Å². The van der Waals surface area contributed by atoms with E-state index in [1.165, 1.54) is 14.7 Å². The average molecular weight is 666 g/mol. The lowest BCUT2D eigenvalue weighted by molar-refractivity contribution is 0.0914. The van der Waals surface area contributed by atoms with Gasteiger partial charge in [-0.3, -0.25) is 23.7 Å². The Labute approximate surface area is 285 Å². The van der Waals surface area contributed by atoms with Crippen LogP contribution >= 0.6 is 0 Å². The standard InChI is InChI=1S/C38H44FN7O3/c1-24-18-33(42-44(24)6)35(47)41-30-16-12-26(13-17-30)23-45-36(48)32-20-29(39)21-40-34(32)46(37(45)49)31-9-7-8-28(19-31)27-14-10-25(11-15-27)22-43(5)38(2,3)4/h7-11,14-15,18-21,26,30H,12-13,16-17,22-23H2,1-6H3,(H,41,47). The van der Waals surface area contributed by atoms with Crippen LogP contribution in [-0.2, 0) is 20.1 Å². The number of nitrogens with one attached hydrogen (secondary N) is 1. The van der Waals surface area contributed by atoms with Gasteiger partial charge in [-0.2, -0.15) is 5.10 Å². The summed E-state index contributed by atoms with van der Waals surface area (Å²) in [6, 6.07) is 18.8. The molecule has 10 nitrogen and oxygen atoms in total. The number of pyridine rings is 1. The molecule has 0 bridgehead atoms. The topological polar surface area (TPSA) is 107 Å². The smallest absolute Gasteiger partial charge is 0.337 e. The lowest BCUT2D eigenvalue weighted by atomic mass is 9.86. The summed E-state index contributed by atoms with van der Waals surface area (Å²) >= 11 is 0. The third kappa shape index (κ3) is 7.27. The molecule has 5 aromatic rings. The van der Waals surface area contributed by atoms with E-state index >= 15 is 0 Å². The minimum absolute atomic E-state index is 0.0226. The first-order valence-electron chi connectivity index (χ1n) is 16.8. The van der Waals surface area contributed by atoms with Gasteiger partial charge < -0.3 is 5.32 Å². The Morgan fingerprint density at radius 2 is 1.71 bits per heavy atom. The number of rotatable bonds is 8. The first kappa shape index (κ1) is 34.0. The fourth-order valence-corrected chi connectivity index (χ4v) is 6.42. The third-order valence-corrected chi connectivity index (χ3v) is 9.87. The van der Waals surface area contributed by atoms with Gasteiger partial charge >= 0.3 is 5.69 Å². The highest BCUT2D eigenvalue weighted by Crippen LogP contribution is 2.27. The molecular formula is C38H44FN7O3. The first-order valence-corrected chi connectivity index (χ1v) is 16.8. The number of halogens is 1. The minimum Gasteiger partial charge on any atom is -0.348 e. The first-order chi connectivity index (χ1) is 23.3. The predicted octanol–water partition coefficient (Wildman–Crippen LogP) is 5.61. The van der Waals surface area contributed by atoms with Crippen molar-refractivity contribution >= 4 is 16.9 Å². The van der Waals surface area contributed by atoms with E-state index in [4.69, 9.17) is 0 Å². The van der Waals surface area contributed by atoms with Gasteiger partial charge in [-0.1, -0.05) is 36.4 Å². The van der Waals surface area contributed by atoms with E-state index in [2.05, 4.69) is 72.4 Å². The summed E-state index contributed by atoms with van der Waals surface area (Å²) in [6.07, 6.45) is 3.88. The monoisotopic (exact) mass is 665 g/mol. The average Bonchev–Trinajstić information content (AvgIpc) is 3.42. The van der Waals surface area contributed by atoms with Crippen molar-refractivity contribution in [2.75, 3.05) is 7.05 Å². The Balaban J connectivity index is 1.26. The molecule has 11 heteroatoms. The number of fused-ring (bicyclic) bond motifs is 1. The number of carbonyl (C=O) groups excluding carboxylic acids is 1. The SMILES string of the molecule is Cc1cc(C(=O)NC2CCC(Cn3c(=O)c4cc(F)cnc4n(-c4cccc(-c5ccc(CN(C)C(C)(C)C)cc5)c4)c3=O)CC2)nn1C. The second kappa shape index (κ2) is 13.5. The molecule has 1 aliphatic carbocycles. The number of benzene rings is 2. The van der Waals surface area contributed by atoms with Gasteiger partial charge in [0, 0.05) is 37.4 Å². The Kier molecular flexibility index (Phi) is 9.39. The van der Waals surface area contributed by atoms with E-state index in [-0.39, 0.29) is 41.0 Å². The summed E-state index contributed by atoms with van der Waals surface area (Å²) < 4.78 is 18.8. The number of hydrogen-bond acceptors (Lipinski definition) is 6. The summed E-state index contributed by atoms with van der Waals surface area (Å²) in [4.78, 5) is 47.1. The Bertz CT molecular complexity index is 2100. The van der Waals surface area contributed by atoms with Crippen LogP contribution in [0.3, 0.4) is 0 Å². The molecular weight excluding hydrogens is 621 g/mol. The molecule has 256 valence electrons. The number of hydrogen-bond donors (Lipinski definition) is 1. The van der Waals surface area contributed by atoms with Crippen LogP contribution in [-0.4, -0.2) is 53.3 Å². The normalized spacial score (nSPS) is 16.7. The molecule has 1 N–H and O–H groups in total. The number of aryl methyl sites for hydroxylation is 2. The molecule has 1 aliphatic rings. The largest absolute Gasteiger partial charge is 0.348 e. The molecule has 0 radical (unpaired) electrons. The lowest BCUT2D eigenvalue weighted by Crippen LogP contribution is -2.43. The molecule has 1 fully saturated rings. The van der Waals surface area contributed by atoms with Crippen molar-refractivity contribution in [1.29, 1.82) is 0 Å². The summed E-state index contributed by atoms with van der Waals surface area (Å²) in [7, 11) is 3.91. The zero-order valence-corrected chi connectivity index (χ0v) is 29.0. The molecule has 0 saturated heterocycles. The van der Waals surface area contributed by atoms with Gasteiger partial charge in [0.25, 0.3) is 11.5 Å². The van der Waals surface area contributed by atoms with E-state index in [1.54, 1.807) is 23.9 Å². The molecule has 6 rings (SSSR count). The molecule has 0 unspecified atom stereocenters. The summed E-state index contributed by atoms with van der Waals surface area (Å²) in [5, 5.41) is 7.39. The number of amides is 1. The molecule has 3 heterocycles. The zero-order chi connectivity index (χ0) is 35.0. The Morgan fingerprint density at radius 1 is 1.00 bits per heavy atom. The van der Waals surface area contributed by atoms with Gasteiger partial charge in [0.05, 0.1) is 17.3 Å². The zero-order valence-electron chi connectivity index (χ0n) is 29.0. The molecule has 1 saturated carbocycles. The fourth-order valence-electron chi connectivity index (χ4n) is 6.42. The van der Waals surface area contributed by atoms with Crippen molar-refractivity contribution in [3.63, 3.8) is 0 Å². The quantitative estimate of drug-likeness (QED) is 0.231. The van der Waals surface area contributed by atoms with Crippen LogP contribution < -0.4 is 16.6 Å². The van der Waals surface area contributed by atoms with Gasteiger partial charge in [0.15, 0.2) is 5.65 Å². The van der Waals surface area contributed by atoms with Crippen molar-refractivity contribution in [3.05, 3.63) is 110 Å². The van der Waals surface area contributed by atoms with Crippen molar-refractivity contribution in [2.45, 2.75) is 78.0 Å². The summed E-state index contributed by atoms with van der Waals surface area (Å²) in [5.74, 6) is -0.821.